The fourth-order valence-corrected chi connectivity index (χ4v) is 2.78. The molecule has 0 radical (unpaired) electrons. The van der Waals surface area contributed by atoms with Gasteiger partial charge < -0.3 is 14.8 Å². The lowest BCUT2D eigenvalue weighted by Crippen LogP contribution is -2.23. The van der Waals surface area contributed by atoms with Crippen LogP contribution < -0.4 is 10.2 Å². The summed E-state index contributed by atoms with van der Waals surface area (Å²) in [6.45, 7) is 5.26. The van der Waals surface area contributed by atoms with E-state index < -0.39 is 0 Å². The van der Waals surface area contributed by atoms with Crippen molar-refractivity contribution in [3.8, 4) is 0 Å². The highest BCUT2D eigenvalue weighted by molar-refractivity contribution is 5.54. The lowest BCUT2D eigenvalue weighted by Gasteiger charge is -2.21. The summed E-state index contributed by atoms with van der Waals surface area (Å²) in [5.74, 6) is 0. The number of nitrogens with one attached hydrogen (secondary N) is 1. The highest BCUT2D eigenvalue weighted by Crippen LogP contribution is 2.24. The Morgan fingerprint density at radius 1 is 1.15 bits per heavy atom. The number of para-hydroxylation sites is 1. The third kappa shape index (κ3) is 3.20. The Labute approximate surface area is 120 Å². The maximum Gasteiger partial charge on any atom is 0.0946 e. The van der Waals surface area contributed by atoms with Gasteiger partial charge in [0, 0.05) is 50.8 Å². The van der Waals surface area contributed by atoms with Crippen LogP contribution >= 0.6 is 0 Å². The molecule has 1 N–H and O–H groups in total. The molecule has 0 spiro atoms. The second-order valence-electron chi connectivity index (χ2n) is 5.30. The number of benzene rings is 1. The summed E-state index contributed by atoms with van der Waals surface area (Å²) in [6.07, 6.45) is 8.33. The van der Waals surface area contributed by atoms with Crippen LogP contribution in [-0.2, 0) is 13.1 Å². The van der Waals surface area contributed by atoms with Crippen LogP contribution in [0.2, 0.25) is 0 Å². The predicted molar refractivity (Wildman–Crippen MR) is 81.8 cm³/mol. The van der Waals surface area contributed by atoms with Crippen LogP contribution in [0, 0.1) is 0 Å². The maximum absolute atomic E-state index is 4.05. The topological polar surface area (TPSA) is 33.1 Å². The molecule has 20 heavy (non-hydrogen) atoms. The van der Waals surface area contributed by atoms with E-state index in [4.69, 9.17) is 0 Å². The first-order valence-electron chi connectivity index (χ1n) is 7.43. The van der Waals surface area contributed by atoms with Crippen molar-refractivity contribution in [2.45, 2.75) is 25.9 Å². The largest absolute Gasteiger partial charge is 0.371 e. The molecule has 2 heterocycles. The average molecular weight is 270 g/mol. The molecule has 1 saturated heterocycles. The van der Waals surface area contributed by atoms with Gasteiger partial charge in [-0.2, -0.15) is 0 Å². The Kier molecular flexibility index (Phi) is 4.33. The van der Waals surface area contributed by atoms with E-state index in [0.717, 1.165) is 19.6 Å². The molecule has 0 unspecified atom stereocenters. The van der Waals surface area contributed by atoms with Crippen molar-refractivity contribution in [3.63, 3.8) is 0 Å². The molecule has 0 saturated carbocycles. The van der Waals surface area contributed by atoms with E-state index in [-0.39, 0.29) is 0 Å². The summed E-state index contributed by atoms with van der Waals surface area (Å²) in [7, 11) is 0. The van der Waals surface area contributed by atoms with Crippen LogP contribution in [0.5, 0.6) is 0 Å². The highest BCUT2D eigenvalue weighted by atomic mass is 15.1. The van der Waals surface area contributed by atoms with Gasteiger partial charge in [0.1, 0.15) is 0 Å². The molecule has 1 aliphatic rings. The van der Waals surface area contributed by atoms with Crippen LogP contribution in [0.3, 0.4) is 0 Å². The van der Waals surface area contributed by atoms with Crippen LogP contribution in [0.4, 0.5) is 5.69 Å². The molecule has 1 aromatic carbocycles. The minimum atomic E-state index is 0.932. The Balaban J connectivity index is 1.54. The number of hydrogen-bond acceptors (Lipinski definition) is 3. The Morgan fingerprint density at radius 2 is 2.00 bits per heavy atom. The van der Waals surface area contributed by atoms with Gasteiger partial charge in [-0.1, -0.05) is 18.2 Å². The van der Waals surface area contributed by atoms with Crippen molar-refractivity contribution in [1.82, 2.24) is 14.9 Å². The molecule has 1 aromatic heterocycles. The molecule has 2 aromatic rings. The zero-order valence-corrected chi connectivity index (χ0v) is 11.8. The molecule has 4 heteroatoms. The summed E-state index contributed by atoms with van der Waals surface area (Å²) < 4.78 is 2.10. The van der Waals surface area contributed by atoms with Crippen molar-refractivity contribution >= 4 is 5.69 Å². The number of hydrogen-bond donors (Lipinski definition) is 1. The van der Waals surface area contributed by atoms with Crippen molar-refractivity contribution in [1.29, 1.82) is 0 Å². The summed E-state index contributed by atoms with van der Waals surface area (Å²) in [4.78, 5) is 6.56. The fourth-order valence-electron chi connectivity index (χ4n) is 2.78. The molecular formula is C16H22N4. The maximum atomic E-state index is 4.05. The van der Waals surface area contributed by atoms with Crippen molar-refractivity contribution in [2.24, 2.45) is 0 Å². The third-order valence-electron chi connectivity index (χ3n) is 3.86. The average Bonchev–Trinajstić information content (AvgIpc) is 3.17. The summed E-state index contributed by atoms with van der Waals surface area (Å²) in [6, 6.07) is 8.76. The van der Waals surface area contributed by atoms with Gasteiger partial charge in [0.2, 0.25) is 0 Å². The molecule has 0 bridgehead atoms. The standard InChI is InChI=1S/C16H22N4/c1-2-6-16(20-9-3-4-10-20)15(5-1)13-17-7-11-19-12-8-18-14-19/h1-2,5-6,8,12,14,17H,3-4,7,9-11,13H2. The van der Waals surface area contributed by atoms with Gasteiger partial charge in [-0.3, -0.25) is 0 Å². The van der Waals surface area contributed by atoms with E-state index in [9.17, 15) is 0 Å². The molecule has 0 aliphatic carbocycles. The van der Waals surface area contributed by atoms with Crippen molar-refractivity contribution < 1.29 is 0 Å². The first-order valence-corrected chi connectivity index (χ1v) is 7.43. The number of rotatable bonds is 6. The van der Waals surface area contributed by atoms with Crippen LogP contribution in [0.15, 0.2) is 43.0 Å². The smallest absolute Gasteiger partial charge is 0.0946 e. The van der Waals surface area contributed by atoms with Gasteiger partial charge in [0.25, 0.3) is 0 Å². The zero-order chi connectivity index (χ0) is 13.6. The molecule has 3 rings (SSSR count). The van der Waals surface area contributed by atoms with E-state index in [1.54, 1.807) is 0 Å². The van der Waals surface area contributed by atoms with E-state index >= 15 is 0 Å². The van der Waals surface area contributed by atoms with E-state index in [0.29, 0.717) is 0 Å². The number of anilines is 1. The van der Waals surface area contributed by atoms with Gasteiger partial charge in [0.05, 0.1) is 6.33 Å². The van der Waals surface area contributed by atoms with Gasteiger partial charge in [-0.25, -0.2) is 4.98 Å². The monoisotopic (exact) mass is 270 g/mol. The van der Waals surface area contributed by atoms with E-state index in [1.165, 1.54) is 37.2 Å². The quantitative estimate of drug-likeness (QED) is 0.818. The van der Waals surface area contributed by atoms with Gasteiger partial charge in [-0.05, 0) is 24.5 Å². The molecule has 4 nitrogen and oxygen atoms in total. The van der Waals surface area contributed by atoms with Gasteiger partial charge in [0.15, 0.2) is 0 Å². The predicted octanol–water partition coefficient (Wildman–Crippen LogP) is 2.27. The van der Waals surface area contributed by atoms with Gasteiger partial charge in [-0.15, -0.1) is 0 Å². The second-order valence-corrected chi connectivity index (χ2v) is 5.30. The highest BCUT2D eigenvalue weighted by Gasteiger charge is 2.14. The zero-order valence-electron chi connectivity index (χ0n) is 11.8. The minimum Gasteiger partial charge on any atom is -0.371 e. The lowest BCUT2D eigenvalue weighted by atomic mass is 10.1. The third-order valence-corrected chi connectivity index (χ3v) is 3.86. The summed E-state index contributed by atoms with van der Waals surface area (Å²) in [5, 5.41) is 3.53. The fraction of sp³-hybridized carbons (Fsp3) is 0.438. The normalized spacial score (nSPS) is 14.9. The molecular weight excluding hydrogens is 248 g/mol. The first-order chi connectivity index (χ1) is 9.93. The van der Waals surface area contributed by atoms with Gasteiger partial charge >= 0.3 is 0 Å². The second kappa shape index (κ2) is 6.57. The lowest BCUT2D eigenvalue weighted by molar-refractivity contribution is 0.597. The summed E-state index contributed by atoms with van der Waals surface area (Å²) in [5.41, 5.74) is 2.81. The number of aromatic nitrogens is 2. The summed E-state index contributed by atoms with van der Waals surface area (Å²) >= 11 is 0. The van der Waals surface area contributed by atoms with Crippen LogP contribution in [-0.4, -0.2) is 29.2 Å². The van der Waals surface area contributed by atoms with Crippen LogP contribution in [0.1, 0.15) is 18.4 Å². The molecule has 106 valence electrons. The Bertz CT molecular complexity index is 515. The minimum absolute atomic E-state index is 0.932. The molecule has 0 amide bonds. The first kappa shape index (κ1) is 13.2. The number of imidazole rings is 1. The van der Waals surface area contributed by atoms with E-state index in [2.05, 4.69) is 44.0 Å². The Hall–Kier alpha value is -1.81. The van der Waals surface area contributed by atoms with Crippen LogP contribution in [0.25, 0.3) is 0 Å². The van der Waals surface area contributed by atoms with Crippen molar-refractivity contribution in [3.05, 3.63) is 48.5 Å². The SMILES string of the molecule is c1ccc(N2CCCC2)c(CNCCn2ccnc2)c1. The van der Waals surface area contributed by atoms with Crippen molar-refractivity contribution in [2.75, 3.05) is 24.5 Å². The molecule has 1 aliphatic heterocycles. The molecule has 1 fully saturated rings. The van der Waals surface area contributed by atoms with E-state index in [1.807, 2.05) is 18.7 Å². The number of nitrogens with zero attached hydrogens (tertiary/aromatic N) is 3. The molecule has 0 atom stereocenters. The Morgan fingerprint density at radius 3 is 2.80 bits per heavy atom.